The van der Waals surface area contributed by atoms with E-state index in [1.165, 1.54) is 4.90 Å². The molecular weight excluding hydrogens is 308 g/mol. The molecule has 0 aromatic heterocycles. The van der Waals surface area contributed by atoms with Gasteiger partial charge in [-0.2, -0.15) is 0 Å². The van der Waals surface area contributed by atoms with E-state index in [9.17, 15) is 9.59 Å². The molecule has 0 spiro atoms. The molecule has 2 saturated heterocycles. The van der Waals surface area contributed by atoms with E-state index in [0.717, 1.165) is 31.4 Å². The smallest absolute Gasteiger partial charge is 0.242 e. The Morgan fingerprint density at radius 1 is 1.26 bits per heavy atom. The normalized spacial score (nSPS) is 27.7. The second-order valence-electron chi connectivity index (χ2n) is 7.07. The van der Waals surface area contributed by atoms with E-state index in [-0.39, 0.29) is 29.3 Å². The van der Waals surface area contributed by atoms with E-state index >= 15 is 0 Å². The van der Waals surface area contributed by atoms with Crippen molar-refractivity contribution in [2.75, 3.05) is 12.3 Å². The highest BCUT2D eigenvalue weighted by Gasteiger charge is 2.49. The number of benzene rings is 1. The molecule has 4 nitrogen and oxygen atoms in total. The summed E-state index contributed by atoms with van der Waals surface area (Å²) in [7, 11) is 0. The molecule has 1 N–H and O–H groups in total. The van der Waals surface area contributed by atoms with Gasteiger partial charge in [-0.3, -0.25) is 9.59 Å². The molecule has 1 aliphatic carbocycles. The molecule has 122 valence electrons. The third-order valence-corrected chi connectivity index (χ3v) is 6.74. The van der Waals surface area contributed by atoms with Gasteiger partial charge in [-0.15, -0.1) is 11.8 Å². The van der Waals surface area contributed by atoms with Crippen molar-refractivity contribution in [3.05, 3.63) is 30.3 Å². The van der Waals surface area contributed by atoms with Crippen LogP contribution in [0.5, 0.6) is 0 Å². The van der Waals surface area contributed by atoms with Crippen LogP contribution in [-0.2, 0) is 9.59 Å². The molecule has 5 heteroatoms. The number of thioether (sulfide) groups is 1. The number of hydrogen-bond donors (Lipinski definition) is 1. The Bertz CT molecular complexity index is 615. The zero-order valence-electron chi connectivity index (χ0n) is 13.2. The highest BCUT2D eigenvalue weighted by molar-refractivity contribution is 7.99. The third kappa shape index (κ3) is 2.99. The summed E-state index contributed by atoms with van der Waals surface area (Å²) in [5.74, 6) is 1.23. The number of nitrogens with zero attached hydrogens (tertiary/aromatic N) is 1. The monoisotopic (exact) mass is 330 g/mol. The van der Waals surface area contributed by atoms with Gasteiger partial charge in [0.1, 0.15) is 6.04 Å². The summed E-state index contributed by atoms with van der Waals surface area (Å²) in [5.41, 5.74) is 0.158. The molecule has 2 amide bonds. The molecule has 4 rings (SSSR count). The van der Waals surface area contributed by atoms with Crippen molar-refractivity contribution in [1.82, 2.24) is 10.2 Å². The quantitative estimate of drug-likeness (QED) is 0.844. The average molecular weight is 330 g/mol. The second kappa shape index (κ2) is 5.86. The van der Waals surface area contributed by atoms with Gasteiger partial charge in [0.25, 0.3) is 0 Å². The molecule has 2 heterocycles. The van der Waals surface area contributed by atoms with Gasteiger partial charge in [0, 0.05) is 29.7 Å². The van der Waals surface area contributed by atoms with Crippen LogP contribution in [0.2, 0.25) is 0 Å². The Morgan fingerprint density at radius 2 is 2.04 bits per heavy atom. The van der Waals surface area contributed by atoms with Crippen LogP contribution in [0.1, 0.15) is 32.1 Å². The standard InChI is InChI=1S/C18H22N2O2S/c21-16(20-13-6-7-15(20)17(22)19-11-13)10-18(8-9-18)12-23-14-4-2-1-3-5-14/h1-5,13,15H,6-12H2,(H,19,22). The lowest BCUT2D eigenvalue weighted by atomic mass is 10.0. The maximum absolute atomic E-state index is 12.8. The van der Waals surface area contributed by atoms with Gasteiger partial charge in [-0.25, -0.2) is 0 Å². The maximum atomic E-state index is 12.8. The van der Waals surface area contributed by atoms with E-state index in [0.29, 0.717) is 13.0 Å². The lowest BCUT2D eigenvalue weighted by molar-refractivity contribution is -0.144. The van der Waals surface area contributed by atoms with Crippen molar-refractivity contribution < 1.29 is 9.59 Å². The van der Waals surface area contributed by atoms with Gasteiger partial charge in [0.2, 0.25) is 11.8 Å². The van der Waals surface area contributed by atoms with Crippen LogP contribution in [0.4, 0.5) is 0 Å². The number of piperazine rings is 1. The summed E-state index contributed by atoms with van der Waals surface area (Å²) < 4.78 is 0. The Morgan fingerprint density at radius 3 is 2.78 bits per heavy atom. The van der Waals surface area contributed by atoms with Crippen molar-refractivity contribution in [3.63, 3.8) is 0 Å². The highest BCUT2D eigenvalue weighted by Crippen LogP contribution is 2.52. The van der Waals surface area contributed by atoms with E-state index in [1.54, 1.807) is 0 Å². The van der Waals surface area contributed by atoms with Crippen molar-refractivity contribution >= 4 is 23.6 Å². The van der Waals surface area contributed by atoms with E-state index < -0.39 is 0 Å². The minimum absolute atomic E-state index is 0.0376. The first-order valence-corrected chi connectivity index (χ1v) is 9.42. The number of fused-ring (bicyclic) bond motifs is 2. The molecule has 0 radical (unpaired) electrons. The summed E-state index contributed by atoms with van der Waals surface area (Å²) in [5, 5.41) is 2.92. The van der Waals surface area contributed by atoms with Crippen LogP contribution >= 0.6 is 11.8 Å². The number of nitrogens with one attached hydrogen (secondary N) is 1. The van der Waals surface area contributed by atoms with Gasteiger partial charge >= 0.3 is 0 Å². The fourth-order valence-corrected chi connectivity index (χ4v) is 4.98. The summed E-state index contributed by atoms with van der Waals surface area (Å²) >= 11 is 1.85. The Labute approximate surface area is 141 Å². The fourth-order valence-electron chi connectivity index (χ4n) is 3.77. The number of rotatable bonds is 5. The Kier molecular flexibility index (Phi) is 3.84. The number of carbonyl (C=O) groups is 2. The molecule has 2 unspecified atom stereocenters. The SMILES string of the molecule is O=C1NCC2CCC1N2C(=O)CC1(CSc2ccccc2)CC1. The number of hydrogen-bond acceptors (Lipinski definition) is 3. The fraction of sp³-hybridized carbons (Fsp3) is 0.556. The van der Waals surface area contributed by atoms with Crippen molar-refractivity contribution in [3.8, 4) is 0 Å². The van der Waals surface area contributed by atoms with Crippen LogP contribution in [0.3, 0.4) is 0 Å². The van der Waals surface area contributed by atoms with Crippen LogP contribution in [0.15, 0.2) is 35.2 Å². The summed E-state index contributed by atoms with van der Waals surface area (Å²) in [4.78, 5) is 27.9. The first-order valence-electron chi connectivity index (χ1n) is 8.44. The Hall–Kier alpha value is -1.49. The first kappa shape index (κ1) is 15.1. The van der Waals surface area contributed by atoms with Crippen molar-refractivity contribution in [1.29, 1.82) is 0 Å². The minimum atomic E-state index is -0.209. The molecule has 2 aliphatic heterocycles. The number of amides is 2. The molecule has 3 fully saturated rings. The molecule has 2 bridgehead atoms. The van der Waals surface area contributed by atoms with Gasteiger partial charge in [0.15, 0.2) is 0 Å². The topological polar surface area (TPSA) is 49.4 Å². The largest absolute Gasteiger partial charge is 0.352 e. The Balaban J connectivity index is 1.38. The molecule has 23 heavy (non-hydrogen) atoms. The molecule has 1 aromatic carbocycles. The van der Waals surface area contributed by atoms with Crippen LogP contribution < -0.4 is 5.32 Å². The van der Waals surface area contributed by atoms with Crippen molar-refractivity contribution in [2.24, 2.45) is 5.41 Å². The molecule has 1 saturated carbocycles. The van der Waals surface area contributed by atoms with Gasteiger partial charge in [-0.05, 0) is 43.2 Å². The predicted molar refractivity (Wildman–Crippen MR) is 90.1 cm³/mol. The lowest BCUT2D eigenvalue weighted by Gasteiger charge is -2.35. The van der Waals surface area contributed by atoms with Gasteiger partial charge < -0.3 is 10.2 Å². The van der Waals surface area contributed by atoms with Crippen LogP contribution in [-0.4, -0.2) is 41.1 Å². The lowest BCUT2D eigenvalue weighted by Crippen LogP contribution is -2.57. The van der Waals surface area contributed by atoms with Gasteiger partial charge in [-0.1, -0.05) is 18.2 Å². The molecule has 3 aliphatic rings. The zero-order chi connectivity index (χ0) is 15.9. The zero-order valence-corrected chi connectivity index (χ0v) is 14.0. The van der Waals surface area contributed by atoms with Crippen LogP contribution in [0.25, 0.3) is 0 Å². The second-order valence-corrected chi connectivity index (χ2v) is 8.12. The summed E-state index contributed by atoms with van der Waals surface area (Å²) in [6.07, 6.45) is 4.66. The van der Waals surface area contributed by atoms with E-state index in [4.69, 9.17) is 0 Å². The third-order valence-electron chi connectivity index (χ3n) is 5.38. The van der Waals surface area contributed by atoms with E-state index in [2.05, 4.69) is 29.6 Å². The first-order chi connectivity index (χ1) is 11.2. The highest BCUT2D eigenvalue weighted by atomic mass is 32.2. The average Bonchev–Trinajstić information content (AvgIpc) is 3.24. The van der Waals surface area contributed by atoms with Gasteiger partial charge in [0.05, 0.1) is 0 Å². The number of carbonyl (C=O) groups excluding carboxylic acids is 2. The van der Waals surface area contributed by atoms with Crippen molar-refractivity contribution in [2.45, 2.75) is 49.1 Å². The molecular formula is C18H22N2O2S. The molecule has 2 atom stereocenters. The summed E-state index contributed by atoms with van der Waals surface area (Å²) in [6, 6.07) is 10.4. The minimum Gasteiger partial charge on any atom is -0.352 e. The predicted octanol–water partition coefficient (Wildman–Crippen LogP) is 2.44. The van der Waals surface area contributed by atoms with E-state index in [1.807, 2.05) is 22.7 Å². The summed E-state index contributed by atoms with van der Waals surface area (Å²) in [6.45, 7) is 0.632. The molecule has 1 aromatic rings. The maximum Gasteiger partial charge on any atom is 0.242 e. The van der Waals surface area contributed by atoms with Crippen LogP contribution in [0, 0.1) is 5.41 Å².